The van der Waals surface area contributed by atoms with E-state index in [1.54, 1.807) is 22.5 Å². The van der Waals surface area contributed by atoms with Crippen molar-refractivity contribution in [2.45, 2.75) is 45.1 Å². The van der Waals surface area contributed by atoms with Crippen molar-refractivity contribution in [1.29, 1.82) is 0 Å². The summed E-state index contributed by atoms with van der Waals surface area (Å²) < 4.78 is 26.7. The summed E-state index contributed by atoms with van der Waals surface area (Å²) in [5.74, 6) is 0. The van der Waals surface area contributed by atoms with Crippen LogP contribution in [0.2, 0.25) is 0 Å². The summed E-state index contributed by atoms with van der Waals surface area (Å²) in [6.07, 6.45) is 1.64. The molecule has 0 spiro atoms. The van der Waals surface area contributed by atoms with Gasteiger partial charge in [-0.15, -0.1) is 0 Å². The fourth-order valence-corrected chi connectivity index (χ4v) is 3.77. The van der Waals surface area contributed by atoms with E-state index in [9.17, 15) is 8.42 Å². The third-order valence-corrected chi connectivity index (χ3v) is 5.01. The van der Waals surface area contributed by atoms with Crippen LogP contribution >= 0.6 is 0 Å². The lowest BCUT2D eigenvalue weighted by molar-refractivity contribution is 0.410. The fourth-order valence-electron chi connectivity index (χ4n) is 2.06. The van der Waals surface area contributed by atoms with E-state index in [0.717, 1.165) is 24.0 Å². The van der Waals surface area contributed by atoms with E-state index in [4.69, 9.17) is 5.73 Å². The Hall–Kier alpha value is -0.910. The number of sulfonamides is 1. The van der Waals surface area contributed by atoms with Crippen molar-refractivity contribution in [3.8, 4) is 0 Å². The highest BCUT2D eigenvalue weighted by Gasteiger charge is 2.23. The highest BCUT2D eigenvalue weighted by molar-refractivity contribution is 7.89. The maximum absolute atomic E-state index is 12.6. The quantitative estimate of drug-likeness (QED) is 0.835. The molecule has 0 aromatic heterocycles. The van der Waals surface area contributed by atoms with Gasteiger partial charge in [-0.25, -0.2) is 8.42 Å². The summed E-state index contributed by atoms with van der Waals surface area (Å²) in [4.78, 5) is 0.365. The Morgan fingerprint density at radius 3 is 2.16 bits per heavy atom. The number of hydrogen-bond donors (Lipinski definition) is 1. The third kappa shape index (κ3) is 3.78. The zero-order valence-corrected chi connectivity index (χ0v) is 12.8. The summed E-state index contributed by atoms with van der Waals surface area (Å²) in [6, 6.07) is 5.18. The minimum absolute atomic E-state index is 0.365. The lowest BCUT2D eigenvalue weighted by Crippen LogP contribution is -2.32. The van der Waals surface area contributed by atoms with Crippen LogP contribution in [0.25, 0.3) is 0 Å². The fraction of sp³-hybridized carbons (Fsp3) is 0.571. The molecule has 0 aliphatic rings. The van der Waals surface area contributed by atoms with Crippen molar-refractivity contribution in [1.82, 2.24) is 4.31 Å². The Kier molecular flexibility index (Phi) is 5.97. The molecule has 0 radical (unpaired) electrons. The van der Waals surface area contributed by atoms with Crippen LogP contribution in [0.1, 0.15) is 37.8 Å². The minimum Gasteiger partial charge on any atom is -0.326 e. The first-order valence-electron chi connectivity index (χ1n) is 6.77. The van der Waals surface area contributed by atoms with Crippen molar-refractivity contribution in [2.75, 3.05) is 13.1 Å². The molecule has 19 heavy (non-hydrogen) atoms. The van der Waals surface area contributed by atoms with Gasteiger partial charge in [-0.2, -0.15) is 4.31 Å². The second-order valence-electron chi connectivity index (χ2n) is 4.70. The van der Waals surface area contributed by atoms with E-state index >= 15 is 0 Å². The van der Waals surface area contributed by atoms with E-state index in [1.165, 1.54) is 0 Å². The molecule has 4 nitrogen and oxygen atoms in total. The van der Waals surface area contributed by atoms with Gasteiger partial charge in [0.05, 0.1) is 4.90 Å². The SMILES string of the molecule is CCCN(CCC)S(=O)(=O)c1ccc(CN)c(C)c1. The van der Waals surface area contributed by atoms with Crippen molar-refractivity contribution in [3.05, 3.63) is 29.3 Å². The highest BCUT2D eigenvalue weighted by Crippen LogP contribution is 2.19. The molecule has 0 bridgehead atoms. The predicted molar refractivity (Wildman–Crippen MR) is 78.4 cm³/mol. The van der Waals surface area contributed by atoms with Crippen LogP contribution in [0.15, 0.2) is 23.1 Å². The van der Waals surface area contributed by atoms with Crippen LogP contribution in [-0.4, -0.2) is 25.8 Å². The number of hydrogen-bond acceptors (Lipinski definition) is 3. The Bertz CT molecular complexity index is 506. The van der Waals surface area contributed by atoms with Crippen LogP contribution in [0.3, 0.4) is 0 Å². The molecule has 0 atom stereocenters. The molecule has 0 aliphatic carbocycles. The number of benzene rings is 1. The van der Waals surface area contributed by atoms with Crippen LogP contribution in [0, 0.1) is 6.92 Å². The van der Waals surface area contributed by atoms with E-state index < -0.39 is 10.0 Å². The van der Waals surface area contributed by atoms with Crippen molar-refractivity contribution < 1.29 is 8.42 Å². The molecule has 108 valence electrons. The van der Waals surface area contributed by atoms with Gasteiger partial charge in [-0.3, -0.25) is 0 Å². The summed E-state index contributed by atoms with van der Waals surface area (Å²) in [6.45, 7) is 7.43. The van der Waals surface area contributed by atoms with Crippen molar-refractivity contribution >= 4 is 10.0 Å². The van der Waals surface area contributed by atoms with E-state index in [2.05, 4.69) is 0 Å². The summed E-state index contributed by atoms with van der Waals surface area (Å²) in [7, 11) is -3.38. The first kappa shape index (κ1) is 16.1. The highest BCUT2D eigenvalue weighted by atomic mass is 32.2. The van der Waals surface area contributed by atoms with Gasteiger partial charge in [0.25, 0.3) is 0 Å². The smallest absolute Gasteiger partial charge is 0.243 e. The van der Waals surface area contributed by atoms with Gasteiger partial charge >= 0.3 is 0 Å². The Morgan fingerprint density at radius 1 is 1.16 bits per heavy atom. The lowest BCUT2D eigenvalue weighted by Gasteiger charge is -2.21. The second-order valence-corrected chi connectivity index (χ2v) is 6.63. The Labute approximate surface area is 116 Å². The molecule has 1 rings (SSSR count). The topological polar surface area (TPSA) is 63.4 Å². The zero-order chi connectivity index (χ0) is 14.5. The minimum atomic E-state index is -3.38. The Balaban J connectivity index is 3.14. The van der Waals surface area contributed by atoms with Gasteiger partial charge in [0.2, 0.25) is 10.0 Å². The average Bonchev–Trinajstić information content (AvgIpc) is 2.38. The Morgan fingerprint density at radius 2 is 1.74 bits per heavy atom. The van der Waals surface area contributed by atoms with Gasteiger partial charge in [0.1, 0.15) is 0 Å². The van der Waals surface area contributed by atoms with Crippen LogP contribution < -0.4 is 5.73 Å². The van der Waals surface area contributed by atoms with Crippen molar-refractivity contribution in [2.24, 2.45) is 5.73 Å². The van der Waals surface area contributed by atoms with E-state index in [0.29, 0.717) is 24.5 Å². The number of nitrogens with two attached hydrogens (primary N) is 1. The molecule has 0 fully saturated rings. The van der Waals surface area contributed by atoms with Crippen molar-refractivity contribution in [3.63, 3.8) is 0 Å². The number of nitrogens with zero attached hydrogens (tertiary/aromatic N) is 1. The molecule has 0 saturated heterocycles. The van der Waals surface area contributed by atoms with E-state index in [-0.39, 0.29) is 0 Å². The number of aryl methyl sites for hydroxylation is 1. The molecular weight excluding hydrogens is 260 g/mol. The second kappa shape index (κ2) is 7.03. The molecule has 0 aliphatic heterocycles. The molecule has 5 heteroatoms. The zero-order valence-electron chi connectivity index (χ0n) is 12.0. The molecule has 0 amide bonds. The van der Waals surface area contributed by atoms with Gasteiger partial charge in [0.15, 0.2) is 0 Å². The van der Waals surface area contributed by atoms with Crippen LogP contribution in [-0.2, 0) is 16.6 Å². The molecule has 0 unspecified atom stereocenters. The molecular formula is C14H24N2O2S. The first-order chi connectivity index (χ1) is 8.97. The van der Waals surface area contributed by atoms with Gasteiger partial charge in [-0.1, -0.05) is 19.9 Å². The molecule has 0 saturated carbocycles. The molecule has 2 N–H and O–H groups in total. The predicted octanol–water partition coefficient (Wildman–Crippen LogP) is 2.26. The monoisotopic (exact) mass is 284 g/mol. The molecule has 1 aromatic carbocycles. The van der Waals surface area contributed by atoms with Gasteiger partial charge in [-0.05, 0) is 43.0 Å². The normalized spacial score (nSPS) is 12.1. The first-order valence-corrected chi connectivity index (χ1v) is 8.21. The summed E-state index contributed by atoms with van der Waals surface area (Å²) in [5.41, 5.74) is 7.52. The summed E-state index contributed by atoms with van der Waals surface area (Å²) >= 11 is 0. The maximum atomic E-state index is 12.6. The standard InChI is InChI=1S/C14H24N2O2S/c1-4-8-16(9-5-2)19(17,18)14-7-6-13(11-15)12(3)10-14/h6-7,10H,4-5,8-9,11,15H2,1-3H3. The summed E-state index contributed by atoms with van der Waals surface area (Å²) in [5, 5.41) is 0. The molecule has 0 heterocycles. The van der Waals surface area contributed by atoms with Gasteiger partial charge < -0.3 is 5.73 Å². The van der Waals surface area contributed by atoms with Crippen LogP contribution in [0.5, 0.6) is 0 Å². The third-order valence-electron chi connectivity index (χ3n) is 3.12. The average molecular weight is 284 g/mol. The van der Waals surface area contributed by atoms with Crippen LogP contribution in [0.4, 0.5) is 0 Å². The van der Waals surface area contributed by atoms with Gasteiger partial charge in [0, 0.05) is 19.6 Å². The maximum Gasteiger partial charge on any atom is 0.243 e. The number of rotatable bonds is 7. The van der Waals surface area contributed by atoms with E-state index in [1.807, 2.05) is 20.8 Å². The lowest BCUT2D eigenvalue weighted by atomic mass is 10.1. The molecule has 1 aromatic rings. The largest absolute Gasteiger partial charge is 0.326 e.